The fourth-order valence-electron chi connectivity index (χ4n) is 3.13. The lowest BCUT2D eigenvalue weighted by atomic mass is 10.0. The maximum Gasteiger partial charge on any atom is 0.127 e. The molecule has 1 N–H and O–H groups in total. The lowest BCUT2D eigenvalue weighted by Crippen LogP contribution is -2.33. The first kappa shape index (κ1) is 15.5. The molecule has 1 fully saturated rings. The van der Waals surface area contributed by atoms with Crippen LogP contribution in [0.3, 0.4) is 0 Å². The highest BCUT2D eigenvalue weighted by molar-refractivity contribution is 5.20. The molecule has 0 aromatic heterocycles. The molecule has 1 saturated heterocycles. The SMILES string of the molecule is CCCN1CCCC(N[C@H](C)c2ccccc2F)CC1. The van der Waals surface area contributed by atoms with E-state index in [1.54, 1.807) is 12.1 Å². The second-order valence-corrected chi connectivity index (χ2v) is 5.88. The standard InChI is InChI=1S/C17H27FN2/c1-3-11-20-12-6-7-15(10-13-20)19-14(2)16-8-4-5-9-17(16)18/h4-5,8-9,14-15,19H,3,6-7,10-13H2,1-2H3/t14-,15?/m1/s1. The van der Waals surface area contributed by atoms with Crippen LogP contribution < -0.4 is 5.32 Å². The average molecular weight is 278 g/mol. The predicted octanol–water partition coefficient (Wildman–Crippen LogP) is 3.74. The molecule has 0 saturated carbocycles. The van der Waals surface area contributed by atoms with Crippen molar-refractivity contribution >= 4 is 0 Å². The lowest BCUT2D eigenvalue weighted by Gasteiger charge is -2.23. The molecule has 2 rings (SSSR count). The maximum absolute atomic E-state index is 13.8. The number of halogens is 1. The van der Waals surface area contributed by atoms with Crippen LogP contribution in [-0.2, 0) is 0 Å². The third-order valence-corrected chi connectivity index (χ3v) is 4.22. The molecule has 1 aromatic rings. The summed E-state index contributed by atoms with van der Waals surface area (Å²) >= 11 is 0. The van der Waals surface area contributed by atoms with E-state index in [-0.39, 0.29) is 11.9 Å². The van der Waals surface area contributed by atoms with E-state index in [0.29, 0.717) is 6.04 Å². The molecule has 0 amide bonds. The van der Waals surface area contributed by atoms with Gasteiger partial charge in [0, 0.05) is 17.6 Å². The molecule has 1 aliphatic heterocycles. The molecule has 0 aliphatic carbocycles. The number of nitrogens with zero attached hydrogens (tertiary/aromatic N) is 1. The molecule has 20 heavy (non-hydrogen) atoms. The Hall–Kier alpha value is -0.930. The summed E-state index contributed by atoms with van der Waals surface area (Å²) in [5.74, 6) is -0.103. The van der Waals surface area contributed by atoms with Gasteiger partial charge >= 0.3 is 0 Å². The number of benzene rings is 1. The molecule has 0 bridgehead atoms. The first-order valence-corrected chi connectivity index (χ1v) is 7.93. The van der Waals surface area contributed by atoms with Crippen LogP contribution in [0.5, 0.6) is 0 Å². The average Bonchev–Trinajstić information content (AvgIpc) is 2.65. The Morgan fingerprint density at radius 3 is 2.85 bits per heavy atom. The van der Waals surface area contributed by atoms with Crippen LogP contribution >= 0.6 is 0 Å². The van der Waals surface area contributed by atoms with Gasteiger partial charge < -0.3 is 10.2 Å². The Kier molecular flexibility index (Phi) is 5.99. The van der Waals surface area contributed by atoms with E-state index in [0.717, 1.165) is 12.1 Å². The van der Waals surface area contributed by atoms with E-state index in [9.17, 15) is 4.39 Å². The third kappa shape index (κ3) is 4.29. The Morgan fingerprint density at radius 1 is 1.30 bits per heavy atom. The van der Waals surface area contributed by atoms with Crippen molar-refractivity contribution in [2.45, 2.75) is 51.6 Å². The molecule has 2 nitrogen and oxygen atoms in total. The zero-order chi connectivity index (χ0) is 14.4. The summed E-state index contributed by atoms with van der Waals surface area (Å²) in [5, 5.41) is 3.61. The van der Waals surface area contributed by atoms with Crippen LogP contribution in [0.1, 0.15) is 51.1 Å². The van der Waals surface area contributed by atoms with Gasteiger partial charge in [-0.1, -0.05) is 25.1 Å². The molecular weight excluding hydrogens is 251 g/mol. The summed E-state index contributed by atoms with van der Waals surface area (Å²) in [6, 6.07) is 7.67. The predicted molar refractivity (Wildman–Crippen MR) is 82.3 cm³/mol. The zero-order valence-electron chi connectivity index (χ0n) is 12.7. The van der Waals surface area contributed by atoms with Crippen LogP contribution in [-0.4, -0.2) is 30.6 Å². The van der Waals surface area contributed by atoms with Crippen molar-refractivity contribution in [3.63, 3.8) is 0 Å². The maximum atomic E-state index is 13.8. The van der Waals surface area contributed by atoms with Gasteiger partial charge in [0.15, 0.2) is 0 Å². The highest BCUT2D eigenvalue weighted by Crippen LogP contribution is 2.19. The highest BCUT2D eigenvalue weighted by atomic mass is 19.1. The summed E-state index contributed by atoms with van der Waals surface area (Å²) in [6.07, 6.45) is 4.82. The smallest absolute Gasteiger partial charge is 0.127 e. The van der Waals surface area contributed by atoms with Crippen LogP contribution in [0.4, 0.5) is 4.39 Å². The summed E-state index contributed by atoms with van der Waals surface area (Å²) in [5.41, 5.74) is 0.780. The number of nitrogens with one attached hydrogen (secondary N) is 1. The van der Waals surface area contributed by atoms with Gasteiger partial charge in [0.25, 0.3) is 0 Å². The molecule has 112 valence electrons. The Morgan fingerprint density at radius 2 is 2.10 bits per heavy atom. The molecule has 1 heterocycles. The zero-order valence-corrected chi connectivity index (χ0v) is 12.7. The summed E-state index contributed by atoms with van der Waals surface area (Å²) in [4.78, 5) is 2.55. The highest BCUT2D eigenvalue weighted by Gasteiger charge is 2.19. The van der Waals surface area contributed by atoms with Crippen molar-refractivity contribution in [3.05, 3.63) is 35.6 Å². The number of likely N-dealkylation sites (tertiary alicyclic amines) is 1. The fourth-order valence-corrected chi connectivity index (χ4v) is 3.13. The third-order valence-electron chi connectivity index (χ3n) is 4.22. The van der Waals surface area contributed by atoms with Crippen molar-refractivity contribution in [1.82, 2.24) is 10.2 Å². The second kappa shape index (κ2) is 7.75. The number of hydrogen-bond donors (Lipinski definition) is 1. The normalized spacial score (nSPS) is 22.4. The van der Waals surface area contributed by atoms with Gasteiger partial charge in [-0.05, 0) is 58.3 Å². The number of hydrogen-bond acceptors (Lipinski definition) is 2. The van der Waals surface area contributed by atoms with E-state index in [1.165, 1.54) is 38.8 Å². The van der Waals surface area contributed by atoms with E-state index in [4.69, 9.17) is 0 Å². The van der Waals surface area contributed by atoms with Crippen LogP contribution in [0.25, 0.3) is 0 Å². The van der Waals surface area contributed by atoms with Gasteiger partial charge in [-0.2, -0.15) is 0 Å². The van der Waals surface area contributed by atoms with E-state index in [1.807, 2.05) is 12.1 Å². The van der Waals surface area contributed by atoms with Crippen molar-refractivity contribution in [3.8, 4) is 0 Å². The second-order valence-electron chi connectivity index (χ2n) is 5.88. The largest absolute Gasteiger partial charge is 0.307 e. The summed E-state index contributed by atoms with van der Waals surface area (Å²) in [7, 11) is 0. The Balaban J connectivity index is 1.88. The van der Waals surface area contributed by atoms with Crippen molar-refractivity contribution in [2.75, 3.05) is 19.6 Å². The van der Waals surface area contributed by atoms with Crippen LogP contribution in [0.15, 0.2) is 24.3 Å². The monoisotopic (exact) mass is 278 g/mol. The van der Waals surface area contributed by atoms with Crippen molar-refractivity contribution in [1.29, 1.82) is 0 Å². The molecule has 3 heteroatoms. The van der Waals surface area contributed by atoms with E-state index in [2.05, 4.69) is 24.1 Å². The number of rotatable bonds is 5. The summed E-state index contributed by atoms with van der Waals surface area (Å²) < 4.78 is 13.8. The molecule has 1 aliphatic rings. The van der Waals surface area contributed by atoms with Gasteiger partial charge in [-0.25, -0.2) is 4.39 Å². The fraction of sp³-hybridized carbons (Fsp3) is 0.647. The van der Waals surface area contributed by atoms with Gasteiger partial charge in [0.05, 0.1) is 0 Å². The van der Waals surface area contributed by atoms with Crippen molar-refractivity contribution in [2.24, 2.45) is 0 Å². The lowest BCUT2D eigenvalue weighted by molar-refractivity contribution is 0.281. The molecular formula is C17H27FN2. The Labute approximate surface area is 122 Å². The molecule has 1 unspecified atom stereocenters. The van der Waals surface area contributed by atoms with Gasteiger partial charge in [-0.15, -0.1) is 0 Å². The minimum Gasteiger partial charge on any atom is -0.307 e. The minimum absolute atomic E-state index is 0.0823. The minimum atomic E-state index is -0.103. The first-order valence-electron chi connectivity index (χ1n) is 7.93. The van der Waals surface area contributed by atoms with Gasteiger partial charge in [0.1, 0.15) is 5.82 Å². The van der Waals surface area contributed by atoms with E-state index < -0.39 is 0 Å². The summed E-state index contributed by atoms with van der Waals surface area (Å²) in [6.45, 7) is 7.87. The van der Waals surface area contributed by atoms with Crippen LogP contribution in [0.2, 0.25) is 0 Å². The molecule has 1 aromatic carbocycles. The molecule has 2 atom stereocenters. The quantitative estimate of drug-likeness (QED) is 0.882. The van der Waals surface area contributed by atoms with Crippen LogP contribution in [0, 0.1) is 5.82 Å². The topological polar surface area (TPSA) is 15.3 Å². The van der Waals surface area contributed by atoms with Crippen molar-refractivity contribution < 1.29 is 4.39 Å². The first-order chi connectivity index (χ1) is 9.70. The molecule has 0 radical (unpaired) electrons. The van der Waals surface area contributed by atoms with Gasteiger partial charge in [0.2, 0.25) is 0 Å². The van der Waals surface area contributed by atoms with E-state index >= 15 is 0 Å². The van der Waals surface area contributed by atoms with Gasteiger partial charge in [-0.3, -0.25) is 0 Å². The Bertz CT molecular complexity index is 408. The molecule has 0 spiro atoms.